The van der Waals surface area contributed by atoms with Crippen molar-refractivity contribution in [1.82, 2.24) is 19.5 Å². The Morgan fingerprint density at radius 3 is 2.50 bits per heavy atom. The summed E-state index contributed by atoms with van der Waals surface area (Å²) >= 11 is 5.53. The van der Waals surface area contributed by atoms with Gasteiger partial charge in [-0.25, -0.2) is 9.37 Å². The summed E-state index contributed by atoms with van der Waals surface area (Å²) in [6.45, 7) is 4.34. The summed E-state index contributed by atoms with van der Waals surface area (Å²) in [5.74, 6) is 1.55. The molecule has 2 aromatic carbocycles. The number of ether oxygens (including phenoxy) is 3. The van der Waals surface area contributed by atoms with Crippen LogP contribution in [0, 0.1) is 10.6 Å². The van der Waals surface area contributed by atoms with E-state index < -0.39 is 5.60 Å². The van der Waals surface area contributed by atoms with Crippen LogP contribution >= 0.6 is 12.2 Å². The van der Waals surface area contributed by atoms with E-state index in [9.17, 15) is 9.18 Å². The smallest absolute Gasteiger partial charge is 0.277 e. The maximum absolute atomic E-state index is 13.2. The third-order valence-corrected chi connectivity index (χ3v) is 7.20. The van der Waals surface area contributed by atoms with E-state index in [1.54, 1.807) is 23.8 Å². The maximum atomic E-state index is 13.2. The van der Waals surface area contributed by atoms with E-state index in [1.165, 1.54) is 25.0 Å². The Morgan fingerprint density at radius 2 is 1.79 bits per heavy atom. The molecule has 8 nitrogen and oxygen atoms in total. The molecule has 0 atom stereocenters. The van der Waals surface area contributed by atoms with Crippen LogP contribution in [0.15, 0.2) is 47.3 Å². The van der Waals surface area contributed by atoms with E-state index in [-0.39, 0.29) is 28.9 Å². The molecule has 2 N–H and O–H groups in total. The van der Waals surface area contributed by atoms with E-state index >= 15 is 0 Å². The Morgan fingerprint density at radius 1 is 1.08 bits per heavy atom. The Balaban J connectivity index is 1.44. The molecule has 1 aliphatic rings. The summed E-state index contributed by atoms with van der Waals surface area (Å²) in [6.07, 6.45) is 4.60. The number of nitrogens with one attached hydrogen (secondary N) is 2. The molecule has 2 heterocycles. The van der Waals surface area contributed by atoms with Gasteiger partial charge in [-0.1, -0.05) is 18.2 Å². The fourth-order valence-electron chi connectivity index (χ4n) is 4.67. The van der Waals surface area contributed by atoms with Gasteiger partial charge in [-0.05, 0) is 87.1 Å². The number of fused-ring (bicyclic) bond motifs is 1. The highest BCUT2D eigenvalue weighted by molar-refractivity contribution is 7.71. The molecule has 0 radical (unpaired) electrons. The van der Waals surface area contributed by atoms with Gasteiger partial charge in [0.15, 0.2) is 21.9 Å². The van der Waals surface area contributed by atoms with Crippen molar-refractivity contribution in [2.75, 3.05) is 7.11 Å². The van der Waals surface area contributed by atoms with Crippen molar-refractivity contribution >= 4 is 23.4 Å². The highest BCUT2D eigenvalue weighted by Gasteiger charge is 2.27. The number of hydrogen-bond acceptors (Lipinski definition) is 6. The highest BCUT2D eigenvalue weighted by atomic mass is 32.1. The van der Waals surface area contributed by atoms with Crippen LogP contribution in [-0.4, -0.2) is 32.7 Å². The lowest BCUT2D eigenvalue weighted by Gasteiger charge is -2.23. The Labute approximate surface area is 224 Å². The second kappa shape index (κ2) is 10.7. The topological polar surface area (TPSA) is 94.2 Å². The number of methoxy groups -OCH3 is 1. The van der Waals surface area contributed by atoms with Crippen molar-refractivity contribution in [2.24, 2.45) is 0 Å². The molecule has 0 amide bonds. The van der Waals surface area contributed by atoms with Gasteiger partial charge in [-0.2, -0.15) is 0 Å². The number of benzene rings is 2. The predicted molar refractivity (Wildman–Crippen MR) is 145 cm³/mol. The second-order valence-corrected chi connectivity index (χ2v) is 10.5. The zero-order valence-corrected chi connectivity index (χ0v) is 22.5. The monoisotopic (exact) mass is 538 g/mol. The van der Waals surface area contributed by atoms with Gasteiger partial charge < -0.3 is 19.2 Å². The molecule has 0 bridgehead atoms. The molecule has 0 aliphatic heterocycles. The highest BCUT2D eigenvalue weighted by Crippen LogP contribution is 2.33. The van der Waals surface area contributed by atoms with E-state index in [4.69, 9.17) is 31.4 Å². The van der Waals surface area contributed by atoms with E-state index in [0.717, 1.165) is 24.0 Å². The molecule has 200 valence electrons. The Kier molecular flexibility index (Phi) is 7.36. The molecule has 4 aromatic rings. The van der Waals surface area contributed by atoms with Crippen molar-refractivity contribution in [3.8, 4) is 11.5 Å². The number of rotatable bonds is 9. The largest absolute Gasteiger partial charge is 0.493 e. The number of hydrogen-bond donors (Lipinski definition) is 2. The average molecular weight is 539 g/mol. The Hall–Kier alpha value is -3.50. The summed E-state index contributed by atoms with van der Waals surface area (Å²) < 4.78 is 33.2. The summed E-state index contributed by atoms with van der Waals surface area (Å²) in [7, 11) is 1.63. The number of aromatic amines is 2. The molecular weight excluding hydrogens is 507 g/mol. The molecule has 2 aromatic heterocycles. The zero-order chi connectivity index (χ0) is 26.9. The summed E-state index contributed by atoms with van der Waals surface area (Å²) in [6, 6.07) is 11.9. The van der Waals surface area contributed by atoms with Gasteiger partial charge in [0, 0.05) is 0 Å². The molecular formula is C28H31FN4O4S. The maximum Gasteiger partial charge on any atom is 0.277 e. The second-order valence-electron chi connectivity index (χ2n) is 10.1. The normalized spacial score (nSPS) is 14.3. The van der Waals surface area contributed by atoms with Crippen molar-refractivity contribution in [3.05, 3.63) is 80.4 Å². The average Bonchev–Trinajstić information content (AvgIpc) is 3.58. The lowest BCUT2D eigenvalue weighted by Crippen LogP contribution is -2.23. The van der Waals surface area contributed by atoms with Crippen molar-refractivity contribution < 1.29 is 18.6 Å². The molecule has 1 aliphatic carbocycles. The van der Waals surface area contributed by atoms with Crippen molar-refractivity contribution in [3.63, 3.8) is 0 Å². The van der Waals surface area contributed by atoms with Crippen LogP contribution in [0.5, 0.6) is 11.5 Å². The number of imidazole rings is 1. The number of aromatic nitrogens is 4. The van der Waals surface area contributed by atoms with E-state index in [2.05, 4.69) is 9.97 Å². The molecule has 10 heteroatoms. The van der Waals surface area contributed by atoms with Crippen LogP contribution in [0.3, 0.4) is 0 Å². The Bertz CT molecular complexity index is 1550. The van der Waals surface area contributed by atoms with Gasteiger partial charge in [-0.3, -0.25) is 14.3 Å². The zero-order valence-electron chi connectivity index (χ0n) is 21.7. The quantitative estimate of drug-likeness (QED) is 0.264. The SMILES string of the molecule is COc1ccc(Cn2c(=S)[nH]c(=O)c3[nH]c(C(C)(C)OCc4ccc(F)cc4)nc32)cc1OC1CCCC1. The minimum absolute atomic E-state index is 0.187. The van der Waals surface area contributed by atoms with Crippen molar-refractivity contribution in [2.45, 2.75) is 64.4 Å². The first-order chi connectivity index (χ1) is 18.2. The van der Waals surface area contributed by atoms with Crippen LogP contribution in [0.4, 0.5) is 4.39 Å². The minimum atomic E-state index is -0.859. The van der Waals surface area contributed by atoms with Crippen LogP contribution in [0.1, 0.15) is 56.5 Å². The molecule has 38 heavy (non-hydrogen) atoms. The lowest BCUT2D eigenvalue weighted by molar-refractivity contribution is -0.0393. The van der Waals surface area contributed by atoms with Crippen LogP contribution in [-0.2, 0) is 23.5 Å². The summed E-state index contributed by atoms with van der Waals surface area (Å²) in [5.41, 5.74) is 1.28. The summed E-state index contributed by atoms with van der Waals surface area (Å²) in [5, 5.41) is 0. The van der Waals surface area contributed by atoms with Gasteiger partial charge in [0.1, 0.15) is 22.8 Å². The molecule has 1 fully saturated rings. The fourth-order valence-corrected chi connectivity index (χ4v) is 4.91. The van der Waals surface area contributed by atoms with Gasteiger partial charge in [0.2, 0.25) is 0 Å². The molecule has 5 rings (SSSR count). The standard InChI is InChI=1S/C28H31FN4O4S/c1-28(2,36-16-17-8-11-19(29)12-9-17)26-30-23-24(31-26)33(27(38)32-25(23)34)15-18-10-13-21(35-3)22(14-18)37-20-6-4-5-7-20/h8-14,20H,4-7,15-16H2,1-3H3,(H,30,31)(H,32,34,38). The van der Waals surface area contributed by atoms with Gasteiger partial charge in [0.25, 0.3) is 5.56 Å². The van der Waals surface area contributed by atoms with E-state index in [0.29, 0.717) is 35.0 Å². The first kappa shape index (κ1) is 26.1. The van der Waals surface area contributed by atoms with Gasteiger partial charge in [0.05, 0.1) is 26.4 Å². The predicted octanol–water partition coefficient (Wildman–Crippen LogP) is 5.75. The molecule has 0 spiro atoms. The third kappa shape index (κ3) is 5.51. The van der Waals surface area contributed by atoms with Gasteiger partial charge >= 0.3 is 0 Å². The molecule has 1 saturated carbocycles. The molecule has 0 saturated heterocycles. The summed E-state index contributed by atoms with van der Waals surface area (Å²) in [4.78, 5) is 23.4. The lowest BCUT2D eigenvalue weighted by atomic mass is 10.1. The number of nitrogens with zero attached hydrogens (tertiary/aromatic N) is 2. The van der Waals surface area contributed by atoms with Crippen molar-refractivity contribution in [1.29, 1.82) is 0 Å². The third-order valence-electron chi connectivity index (χ3n) is 6.88. The van der Waals surface area contributed by atoms with E-state index in [1.807, 2.05) is 32.0 Å². The first-order valence-electron chi connectivity index (χ1n) is 12.7. The van der Waals surface area contributed by atoms with Gasteiger partial charge in [-0.15, -0.1) is 0 Å². The van der Waals surface area contributed by atoms with Crippen LogP contribution in [0.2, 0.25) is 0 Å². The fraction of sp³-hybridized carbons (Fsp3) is 0.393. The van der Waals surface area contributed by atoms with Crippen LogP contribution in [0.25, 0.3) is 11.2 Å². The van der Waals surface area contributed by atoms with Crippen LogP contribution < -0.4 is 15.0 Å². The molecule has 0 unspecified atom stereocenters. The number of halogens is 1. The first-order valence-corrected chi connectivity index (χ1v) is 13.1. The minimum Gasteiger partial charge on any atom is -0.493 e. The number of H-pyrrole nitrogens is 2.